The summed E-state index contributed by atoms with van der Waals surface area (Å²) in [6.07, 6.45) is 86.1. The van der Waals surface area contributed by atoms with Gasteiger partial charge in [-0.2, -0.15) is 0 Å². The van der Waals surface area contributed by atoms with Gasteiger partial charge in [0.05, 0.1) is 0 Å². The average molecular weight is 1020 g/mol. The van der Waals surface area contributed by atoms with E-state index in [-0.39, 0.29) is 31.1 Å². The normalized spacial score (nSPS) is 13.1. The Labute approximate surface area is 455 Å². The van der Waals surface area contributed by atoms with Crippen molar-refractivity contribution in [1.29, 1.82) is 0 Å². The molecule has 74 heavy (non-hydrogen) atoms. The molecule has 0 saturated carbocycles. The summed E-state index contributed by atoms with van der Waals surface area (Å²) >= 11 is 0. The van der Waals surface area contributed by atoms with Crippen molar-refractivity contribution in [2.75, 3.05) is 13.2 Å². The van der Waals surface area contributed by atoms with Crippen LogP contribution in [0.15, 0.2) is 134 Å². The lowest BCUT2D eigenvalue weighted by molar-refractivity contribution is -0.167. The molecule has 6 nitrogen and oxygen atoms in total. The van der Waals surface area contributed by atoms with Crippen molar-refractivity contribution in [3.63, 3.8) is 0 Å². The lowest BCUT2D eigenvalue weighted by Crippen LogP contribution is -2.30. The van der Waals surface area contributed by atoms with Crippen molar-refractivity contribution >= 4 is 17.9 Å². The highest BCUT2D eigenvalue weighted by Crippen LogP contribution is 2.14. The third-order valence-electron chi connectivity index (χ3n) is 12.4. The second-order valence-electron chi connectivity index (χ2n) is 19.5. The summed E-state index contributed by atoms with van der Waals surface area (Å²) in [6.45, 7) is 6.43. The summed E-state index contributed by atoms with van der Waals surface area (Å²) in [4.78, 5) is 38.0. The molecule has 0 amide bonds. The summed E-state index contributed by atoms with van der Waals surface area (Å²) < 4.78 is 16.8. The number of carbonyl (C=O) groups is 3. The molecule has 0 aromatic carbocycles. The second kappa shape index (κ2) is 61.1. The maximum Gasteiger partial charge on any atom is 0.306 e. The molecule has 0 spiro atoms. The predicted molar refractivity (Wildman–Crippen MR) is 320 cm³/mol. The molecule has 0 radical (unpaired) electrons. The van der Waals surface area contributed by atoms with Crippen LogP contribution in [-0.2, 0) is 28.6 Å². The van der Waals surface area contributed by atoms with Gasteiger partial charge in [0.15, 0.2) is 6.10 Å². The Hall–Kier alpha value is -4.45. The zero-order valence-corrected chi connectivity index (χ0v) is 47.8. The second-order valence-corrected chi connectivity index (χ2v) is 19.5. The third-order valence-corrected chi connectivity index (χ3v) is 12.4. The molecule has 418 valence electrons. The van der Waals surface area contributed by atoms with E-state index < -0.39 is 6.10 Å². The first kappa shape index (κ1) is 69.5. The quantitative estimate of drug-likeness (QED) is 0.0261. The first-order valence-electron chi connectivity index (χ1n) is 30.2. The topological polar surface area (TPSA) is 78.9 Å². The fourth-order valence-corrected chi connectivity index (χ4v) is 7.88. The number of ether oxygens (including phenoxy) is 3. The Bertz CT molecular complexity index is 1600. The fraction of sp³-hybridized carbons (Fsp3) is 0.632. The zero-order chi connectivity index (χ0) is 53.6. The molecule has 0 aliphatic carbocycles. The van der Waals surface area contributed by atoms with Crippen LogP contribution in [0.4, 0.5) is 0 Å². The van der Waals surface area contributed by atoms with Crippen LogP contribution in [0.3, 0.4) is 0 Å². The number of carbonyl (C=O) groups excluding carboxylic acids is 3. The molecule has 0 aromatic rings. The highest BCUT2D eigenvalue weighted by Gasteiger charge is 2.19. The number of rotatable bonds is 53. The van der Waals surface area contributed by atoms with Gasteiger partial charge in [0.1, 0.15) is 13.2 Å². The van der Waals surface area contributed by atoms with E-state index in [0.717, 1.165) is 135 Å². The standard InChI is InChI=1S/C68H110O6/c1-4-7-10-13-16-18-20-22-24-26-28-29-30-31-32-33-34-35-36-37-38-39-40-42-43-45-47-49-52-55-58-61-67(70)73-64-65(63-72-66(69)60-57-54-51-15-12-9-6-3)74-68(71)62-59-56-53-50-48-46-44-41-27-25-23-21-19-17-14-11-8-5-2/h7,10,16,18-19,21-22,24-25,27-29,31-32,34-35,37-38,40,42,45,47,65H,4-6,8-9,11-15,17,20,23,26,30,33,36,39,41,43-44,46,48-64H2,1-3H3/b10-7-,18-16-,21-19-,24-22-,27-25-,29-28-,32-31-,35-34-,38-37-,42-40-,47-45-. The monoisotopic (exact) mass is 1020 g/mol. The lowest BCUT2D eigenvalue weighted by Gasteiger charge is -2.18. The first-order valence-corrected chi connectivity index (χ1v) is 30.2. The molecule has 0 saturated heterocycles. The average Bonchev–Trinajstić information content (AvgIpc) is 3.40. The molecule has 0 N–H and O–H groups in total. The van der Waals surface area contributed by atoms with E-state index in [1.54, 1.807) is 0 Å². The predicted octanol–water partition coefficient (Wildman–Crippen LogP) is 20.6. The van der Waals surface area contributed by atoms with E-state index in [9.17, 15) is 14.4 Å². The van der Waals surface area contributed by atoms with Crippen molar-refractivity contribution in [2.45, 2.75) is 264 Å². The molecular weight excluding hydrogens is 913 g/mol. The van der Waals surface area contributed by atoms with Crippen molar-refractivity contribution in [1.82, 2.24) is 0 Å². The van der Waals surface area contributed by atoms with E-state index in [2.05, 4.69) is 154 Å². The van der Waals surface area contributed by atoms with Gasteiger partial charge in [-0.15, -0.1) is 0 Å². The van der Waals surface area contributed by atoms with Crippen molar-refractivity contribution in [2.24, 2.45) is 0 Å². The Morgan fingerprint density at radius 2 is 0.527 bits per heavy atom. The van der Waals surface area contributed by atoms with Crippen LogP contribution in [-0.4, -0.2) is 37.2 Å². The van der Waals surface area contributed by atoms with Crippen LogP contribution in [0.5, 0.6) is 0 Å². The van der Waals surface area contributed by atoms with Gasteiger partial charge in [-0.25, -0.2) is 0 Å². The molecule has 0 fully saturated rings. The van der Waals surface area contributed by atoms with Gasteiger partial charge < -0.3 is 14.2 Å². The van der Waals surface area contributed by atoms with E-state index in [4.69, 9.17) is 14.2 Å². The number of hydrogen-bond donors (Lipinski definition) is 0. The molecule has 1 atom stereocenters. The molecule has 0 aliphatic rings. The van der Waals surface area contributed by atoms with Gasteiger partial charge >= 0.3 is 17.9 Å². The smallest absolute Gasteiger partial charge is 0.306 e. The van der Waals surface area contributed by atoms with Gasteiger partial charge in [-0.05, 0) is 122 Å². The minimum absolute atomic E-state index is 0.0946. The summed E-state index contributed by atoms with van der Waals surface area (Å²) in [5.41, 5.74) is 0. The van der Waals surface area contributed by atoms with Gasteiger partial charge in [0.2, 0.25) is 0 Å². The van der Waals surface area contributed by atoms with Crippen LogP contribution in [0.25, 0.3) is 0 Å². The first-order chi connectivity index (χ1) is 36.5. The Morgan fingerprint density at radius 1 is 0.284 bits per heavy atom. The molecule has 1 unspecified atom stereocenters. The number of allylic oxidation sites excluding steroid dienone is 22. The van der Waals surface area contributed by atoms with Crippen LogP contribution < -0.4 is 0 Å². The molecule has 0 heterocycles. The van der Waals surface area contributed by atoms with E-state index in [0.29, 0.717) is 19.3 Å². The zero-order valence-electron chi connectivity index (χ0n) is 47.8. The van der Waals surface area contributed by atoms with Crippen LogP contribution in [0.1, 0.15) is 258 Å². The van der Waals surface area contributed by atoms with Gasteiger partial charge in [0, 0.05) is 19.3 Å². The minimum Gasteiger partial charge on any atom is -0.462 e. The molecule has 6 heteroatoms. The van der Waals surface area contributed by atoms with Crippen molar-refractivity contribution < 1.29 is 28.6 Å². The third kappa shape index (κ3) is 58.4. The molecular formula is C68H110O6. The highest BCUT2D eigenvalue weighted by atomic mass is 16.6. The largest absolute Gasteiger partial charge is 0.462 e. The molecule has 0 aliphatic heterocycles. The number of esters is 3. The fourth-order valence-electron chi connectivity index (χ4n) is 7.88. The number of unbranched alkanes of at least 4 members (excludes halogenated alkanes) is 20. The van der Waals surface area contributed by atoms with Gasteiger partial charge in [-0.3, -0.25) is 14.4 Å². The molecule has 0 aromatic heterocycles. The summed E-state index contributed by atoms with van der Waals surface area (Å²) in [7, 11) is 0. The van der Waals surface area contributed by atoms with Gasteiger partial charge in [0.25, 0.3) is 0 Å². The minimum atomic E-state index is -0.798. The summed E-state index contributed by atoms with van der Waals surface area (Å²) in [6, 6.07) is 0. The summed E-state index contributed by atoms with van der Waals surface area (Å²) in [5, 5.41) is 0. The highest BCUT2D eigenvalue weighted by molar-refractivity contribution is 5.71. The maximum atomic E-state index is 12.8. The SMILES string of the molecule is CC/C=C\C/C=C\C/C=C\C/C=C\C/C=C\C/C=C\C/C=C\C/C=C\C/C=C\CCCCCC(=O)OCC(COC(=O)CCCCCCCCC)OC(=O)CCCCCCCCC/C=C\C/C=C\CCCCCC. The Kier molecular flexibility index (Phi) is 57.4. The number of hydrogen-bond acceptors (Lipinski definition) is 6. The van der Waals surface area contributed by atoms with E-state index >= 15 is 0 Å². The van der Waals surface area contributed by atoms with E-state index in [1.165, 1.54) is 83.5 Å². The van der Waals surface area contributed by atoms with Crippen molar-refractivity contribution in [3.05, 3.63) is 134 Å². The van der Waals surface area contributed by atoms with E-state index in [1.807, 2.05) is 0 Å². The van der Waals surface area contributed by atoms with Crippen molar-refractivity contribution in [3.8, 4) is 0 Å². The van der Waals surface area contributed by atoms with Crippen LogP contribution >= 0.6 is 0 Å². The molecule has 0 rings (SSSR count). The summed E-state index contributed by atoms with van der Waals surface area (Å²) in [5.74, 6) is -0.946. The Morgan fingerprint density at radius 3 is 0.851 bits per heavy atom. The van der Waals surface area contributed by atoms with Gasteiger partial charge in [-0.1, -0.05) is 251 Å². The Balaban J connectivity index is 4.27. The molecule has 0 bridgehead atoms. The van der Waals surface area contributed by atoms with Crippen LogP contribution in [0, 0.1) is 0 Å². The lowest BCUT2D eigenvalue weighted by atomic mass is 10.1. The van der Waals surface area contributed by atoms with Crippen LogP contribution in [0.2, 0.25) is 0 Å². The maximum absolute atomic E-state index is 12.8.